The lowest BCUT2D eigenvalue weighted by molar-refractivity contribution is -0.137. The molecule has 6 heteroatoms. The van der Waals surface area contributed by atoms with Crippen LogP contribution >= 0.6 is 0 Å². The second kappa shape index (κ2) is 7.56. The van der Waals surface area contributed by atoms with E-state index in [1.807, 2.05) is 0 Å². The van der Waals surface area contributed by atoms with Crippen LogP contribution in [0.2, 0.25) is 0 Å². The summed E-state index contributed by atoms with van der Waals surface area (Å²) in [5.74, 6) is -0.340. The molecule has 1 fully saturated rings. The number of ketones is 2. The molecule has 0 amide bonds. The maximum absolute atomic E-state index is 10.4. The van der Waals surface area contributed by atoms with Gasteiger partial charge in [-0.1, -0.05) is 10.3 Å². The van der Waals surface area contributed by atoms with Crippen LogP contribution in [0, 0.1) is 0 Å². The quantitative estimate of drug-likeness (QED) is 0.306. The monoisotopic (exact) mass is 228 g/mol. The lowest BCUT2D eigenvalue weighted by Crippen LogP contribution is -2.17. The summed E-state index contributed by atoms with van der Waals surface area (Å²) < 4.78 is 0. The Labute approximate surface area is 93.6 Å². The van der Waals surface area contributed by atoms with Crippen LogP contribution in [0.25, 0.3) is 0 Å². The number of nitrogens with zero attached hydrogens (tertiary/aromatic N) is 2. The number of Topliss-reactive ketones (excluding diaryl/α,β-unsaturated/α-hetero) is 2. The Kier molecular flexibility index (Phi) is 6.74. The summed E-state index contributed by atoms with van der Waals surface area (Å²) in [6.45, 7) is 3.07. The Hall–Kier alpha value is -1.72. The van der Waals surface area contributed by atoms with Gasteiger partial charge in [-0.3, -0.25) is 9.59 Å². The highest BCUT2D eigenvalue weighted by atomic mass is 16.4. The van der Waals surface area contributed by atoms with Crippen molar-refractivity contribution in [3.63, 3.8) is 0 Å². The molecule has 0 saturated heterocycles. The zero-order valence-electron chi connectivity index (χ0n) is 9.43. The van der Waals surface area contributed by atoms with E-state index < -0.39 is 0 Å². The van der Waals surface area contributed by atoms with E-state index in [1.54, 1.807) is 0 Å². The van der Waals surface area contributed by atoms with Crippen LogP contribution < -0.4 is 0 Å². The van der Waals surface area contributed by atoms with Gasteiger partial charge in [0.05, 0.1) is 0 Å². The van der Waals surface area contributed by atoms with Gasteiger partial charge in [0.2, 0.25) is 0 Å². The minimum atomic E-state index is -0.170. The Morgan fingerprint density at radius 2 is 1.25 bits per heavy atom. The summed E-state index contributed by atoms with van der Waals surface area (Å²) in [6.07, 6.45) is 2.78. The maximum atomic E-state index is 10.4. The smallest absolute Gasteiger partial charge is 0.198 e. The van der Waals surface area contributed by atoms with E-state index in [2.05, 4.69) is 10.3 Å². The van der Waals surface area contributed by atoms with Crippen molar-refractivity contribution in [2.75, 3.05) is 0 Å². The number of hydrogen-bond acceptors (Lipinski definition) is 6. The third-order valence-corrected chi connectivity index (χ3v) is 2.19. The number of rotatable bonds is 1. The summed E-state index contributed by atoms with van der Waals surface area (Å²) in [5, 5.41) is 21.6. The largest absolute Gasteiger partial charge is 0.411 e. The van der Waals surface area contributed by atoms with Crippen LogP contribution in [0.15, 0.2) is 10.3 Å². The molecule has 0 aromatic heterocycles. The molecule has 0 aliphatic heterocycles. The first-order valence-electron chi connectivity index (χ1n) is 4.96. The van der Waals surface area contributed by atoms with Crippen molar-refractivity contribution in [3.05, 3.63) is 0 Å². The summed E-state index contributed by atoms with van der Waals surface area (Å²) >= 11 is 0. The molecule has 0 aromatic rings. The lowest BCUT2D eigenvalue weighted by atomic mass is 9.98. The van der Waals surface area contributed by atoms with Gasteiger partial charge in [-0.25, -0.2) is 0 Å². The van der Waals surface area contributed by atoms with E-state index in [1.165, 1.54) is 13.8 Å². The number of carbonyl (C=O) groups is 2. The molecular weight excluding hydrogens is 212 g/mol. The molecular formula is C10H16N2O4. The molecule has 1 saturated carbocycles. The molecule has 0 atom stereocenters. The predicted molar refractivity (Wildman–Crippen MR) is 58.3 cm³/mol. The van der Waals surface area contributed by atoms with Crippen LogP contribution in [0.1, 0.15) is 39.5 Å². The topological polar surface area (TPSA) is 99.3 Å². The van der Waals surface area contributed by atoms with Crippen LogP contribution in [0.5, 0.6) is 0 Å². The molecule has 6 nitrogen and oxygen atoms in total. The van der Waals surface area contributed by atoms with E-state index >= 15 is 0 Å². The molecule has 0 aromatic carbocycles. The zero-order valence-corrected chi connectivity index (χ0v) is 9.43. The molecule has 0 radical (unpaired) electrons. The maximum Gasteiger partial charge on any atom is 0.198 e. The fourth-order valence-electron chi connectivity index (χ4n) is 0.995. The summed E-state index contributed by atoms with van der Waals surface area (Å²) in [7, 11) is 0. The predicted octanol–water partition coefficient (Wildman–Crippen LogP) is 1.39. The Balaban J connectivity index is 0.000000281. The molecule has 1 rings (SSSR count). The number of oxime groups is 2. The van der Waals surface area contributed by atoms with Crippen LogP contribution in [0.3, 0.4) is 0 Å². The summed E-state index contributed by atoms with van der Waals surface area (Å²) in [4.78, 5) is 20.9. The van der Waals surface area contributed by atoms with Gasteiger partial charge in [-0.05, 0) is 26.7 Å². The van der Waals surface area contributed by atoms with Gasteiger partial charge in [0.25, 0.3) is 0 Å². The first-order chi connectivity index (χ1) is 7.52. The standard InChI is InChI=1S/C6H8O2.C4H8N2O2/c7-5-3-1-2-4-6(5)8;1-3(5-7)4(2)6-8/h1-4H2;7-8H,1-2H3/b;5-3-,6-4-. The average molecular weight is 228 g/mol. The lowest BCUT2D eigenvalue weighted by Gasteiger charge is -2.04. The normalized spacial score (nSPS) is 17.9. The van der Waals surface area contributed by atoms with Crippen molar-refractivity contribution in [2.24, 2.45) is 10.3 Å². The zero-order chi connectivity index (χ0) is 12.6. The second-order valence-corrected chi connectivity index (χ2v) is 3.42. The Bertz CT molecular complexity index is 289. The molecule has 16 heavy (non-hydrogen) atoms. The Morgan fingerprint density at radius 3 is 1.44 bits per heavy atom. The van der Waals surface area contributed by atoms with Crippen molar-refractivity contribution in [2.45, 2.75) is 39.5 Å². The van der Waals surface area contributed by atoms with Gasteiger partial charge in [0.15, 0.2) is 11.6 Å². The van der Waals surface area contributed by atoms with E-state index in [0.717, 1.165) is 12.8 Å². The first kappa shape index (κ1) is 14.3. The highest BCUT2D eigenvalue weighted by Crippen LogP contribution is 2.09. The molecule has 0 heterocycles. The molecule has 0 unspecified atom stereocenters. The van der Waals surface area contributed by atoms with Crippen molar-refractivity contribution in [3.8, 4) is 0 Å². The minimum absolute atomic E-state index is 0.170. The third kappa shape index (κ3) is 5.23. The van der Waals surface area contributed by atoms with Crippen LogP contribution in [-0.2, 0) is 9.59 Å². The molecule has 0 bridgehead atoms. The molecule has 0 spiro atoms. The molecule has 2 N–H and O–H groups in total. The molecule has 90 valence electrons. The van der Waals surface area contributed by atoms with Crippen LogP contribution in [-0.4, -0.2) is 33.4 Å². The first-order valence-corrected chi connectivity index (χ1v) is 4.96. The van der Waals surface area contributed by atoms with Gasteiger partial charge < -0.3 is 10.4 Å². The van der Waals surface area contributed by atoms with Gasteiger partial charge >= 0.3 is 0 Å². The summed E-state index contributed by atoms with van der Waals surface area (Å²) in [6, 6.07) is 0. The SMILES string of the molecule is CC(=N/O)/C(C)=N\O.O=C1CCCCC1=O. The van der Waals surface area contributed by atoms with Crippen molar-refractivity contribution in [1.82, 2.24) is 0 Å². The van der Waals surface area contributed by atoms with Crippen molar-refractivity contribution >= 4 is 23.0 Å². The second-order valence-electron chi connectivity index (χ2n) is 3.42. The van der Waals surface area contributed by atoms with E-state index in [9.17, 15) is 9.59 Å². The van der Waals surface area contributed by atoms with Crippen LogP contribution in [0.4, 0.5) is 0 Å². The molecule has 1 aliphatic carbocycles. The summed E-state index contributed by atoms with van der Waals surface area (Å²) in [5.41, 5.74) is 0.625. The van der Waals surface area contributed by atoms with E-state index in [-0.39, 0.29) is 11.6 Å². The van der Waals surface area contributed by atoms with Crippen molar-refractivity contribution in [1.29, 1.82) is 0 Å². The van der Waals surface area contributed by atoms with Gasteiger partial charge in [0.1, 0.15) is 11.4 Å². The fourth-order valence-corrected chi connectivity index (χ4v) is 0.995. The third-order valence-electron chi connectivity index (χ3n) is 2.19. The average Bonchev–Trinajstić information content (AvgIpc) is 2.31. The number of carbonyl (C=O) groups excluding carboxylic acids is 2. The molecule has 1 aliphatic rings. The van der Waals surface area contributed by atoms with E-state index in [4.69, 9.17) is 10.4 Å². The van der Waals surface area contributed by atoms with Gasteiger partial charge in [0, 0.05) is 12.8 Å². The highest BCUT2D eigenvalue weighted by Gasteiger charge is 2.16. The van der Waals surface area contributed by atoms with Gasteiger partial charge in [-0.2, -0.15) is 0 Å². The minimum Gasteiger partial charge on any atom is -0.411 e. The Morgan fingerprint density at radius 1 is 0.938 bits per heavy atom. The van der Waals surface area contributed by atoms with Crippen molar-refractivity contribution < 1.29 is 20.0 Å². The van der Waals surface area contributed by atoms with Gasteiger partial charge in [-0.15, -0.1) is 0 Å². The van der Waals surface area contributed by atoms with E-state index in [0.29, 0.717) is 24.3 Å². The fraction of sp³-hybridized carbons (Fsp3) is 0.600. The number of hydrogen-bond donors (Lipinski definition) is 2. The highest BCUT2D eigenvalue weighted by molar-refractivity contribution is 6.40.